The molecule has 0 amide bonds. The van der Waals surface area contributed by atoms with E-state index in [1.165, 1.54) is 6.42 Å². The zero-order chi connectivity index (χ0) is 10.8. The van der Waals surface area contributed by atoms with E-state index in [4.69, 9.17) is 5.73 Å². The zero-order valence-corrected chi connectivity index (χ0v) is 9.26. The molecule has 0 bridgehead atoms. The van der Waals surface area contributed by atoms with Crippen LogP contribution in [-0.4, -0.2) is 28.2 Å². The lowest BCUT2D eigenvalue weighted by Gasteiger charge is -2.41. The van der Waals surface area contributed by atoms with Crippen molar-refractivity contribution in [1.29, 1.82) is 0 Å². The predicted octanol–water partition coefficient (Wildman–Crippen LogP) is 1.35. The molecule has 3 heteroatoms. The number of hydrogen-bond donors (Lipinski definition) is 2. The fourth-order valence-corrected chi connectivity index (χ4v) is 2.53. The van der Waals surface area contributed by atoms with Crippen molar-refractivity contribution in [1.82, 2.24) is 4.90 Å². The number of aliphatic hydroxyl groups excluding tert-OH is 1. The average molecular weight is 208 g/mol. The molecule has 3 atom stereocenters. The van der Waals surface area contributed by atoms with Gasteiger partial charge in [0.25, 0.3) is 0 Å². The first-order valence-corrected chi connectivity index (χ1v) is 5.79. The first-order chi connectivity index (χ1) is 7.20. The molecule has 3 N–H and O–H groups in total. The van der Waals surface area contributed by atoms with Gasteiger partial charge in [0.2, 0.25) is 0 Å². The highest BCUT2D eigenvalue weighted by molar-refractivity contribution is 5.21. The molecule has 2 rings (SSSR count). The molecule has 3 nitrogen and oxygen atoms in total. The third-order valence-electron chi connectivity index (χ3n) is 3.55. The van der Waals surface area contributed by atoms with Gasteiger partial charge in [0.1, 0.15) is 0 Å². The summed E-state index contributed by atoms with van der Waals surface area (Å²) in [6.45, 7) is 2.09. The second-order valence-corrected chi connectivity index (χ2v) is 4.55. The fraction of sp³-hybridized carbons (Fsp3) is 0.667. The number of aliphatic hydroxyl groups is 1. The van der Waals surface area contributed by atoms with Crippen molar-refractivity contribution < 1.29 is 5.11 Å². The Kier molecular flexibility index (Phi) is 3.00. The quantitative estimate of drug-likeness (QED) is 0.684. The van der Waals surface area contributed by atoms with E-state index in [-0.39, 0.29) is 18.2 Å². The molecule has 1 aliphatic heterocycles. The molecule has 0 saturated heterocycles. The molecular weight excluding hydrogens is 188 g/mol. The first kappa shape index (κ1) is 10.6. The molecule has 15 heavy (non-hydrogen) atoms. The average Bonchev–Trinajstić information content (AvgIpc) is 2.23. The van der Waals surface area contributed by atoms with Gasteiger partial charge < -0.3 is 15.7 Å². The van der Waals surface area contributed by atoms with Crippen LogP contribution in [0.15, 0.2) is 24.0 Å². The van der Waals surface area contributed by atoms with Crippen LogP contribution < -0.4 is 5.73 Å². The SMILES string of the molecule is CC1C(N)=CC=CN1[C@H]1CCCC[C@H]1O. The summed E-state index contributed by atoms with van der Waals surface area (Å²) < 4.78 is 0. The molecule has 84 valence electrons. The van der Waals surface area contributed by atoms with Crippen LogP contribution in [0.3, 0.4) is 0 Å². The van der Waals surface area contributed by atoms with Gasteiger partial charge in [0, 0.05) is 11.9 Å². The van der Waals surface area contributed by atoms with Gasteiger partial charge in [0.05, 0.1) is 18.2 Å². The molecular formula is C12H20N2O. The Morgan fingerprint density at radius 1 is 1.40 bits per heavy atom. The number of rotatable bonds is 1. The lowest BCUT2D eigenvalue weighted by Crippen LogP contribution is -2.48. The van der Waals surface area contributed by atoms with Crippen molar-refractivity contribution in [2.75, 3.05) is 0 Å². The Hall–Kier alpha value is -0.960. The number of allylic oxidation sites excluding steroid dienone is 2. The molecule has 1 unspecified atom stereocenters. The molecule has 0 aromatic carbocycles. The minimum absolute atomic E-state index is 0.197. The lowest BCUT2D eigenvalue weighted by molar-refractivity contribution is 0.0316. The summed E-state index contributed by atoms with van der Waals surface area (Å²) in [4.78, 5) is 2.21. The van der Waals surface area contributed by atoms with Crippen LogP contribution in [0.2, 0.25) is 0 Å². The van der Waals surface area contributed by atoms with Crippen LogP contribution in [-0.2, 0) is 0 Å². The van der Waals surface area contributed by atoms with E-state index in [2.05, 4.69) is 18.0 Å². The number of nitrogens with two attached hydrogens (primary N) is 1. The van der Waals surface area contributed by atoms with Gasteiger partial charge in [-0.2, -0.15) is 0 Å². The van der Waals surface area contributed by atoms with E-state index in [1.807, 2.05) is 12.2 Å². The van der Waals surface area contributed by atoms with E-state index in [0.29, 0.717) is 0 Å². The van der Waals surface area contributed by atoms with Crippen molar-refractivity contribution in [2.45, 2.75) is 50.8 Å². The summed E-state index contributed by atoms with van der Waals surface area (Å²) in [5.74, 6) is 0. The first-order valence-electron chi connectivity index (χ1n) is 5.79. The fourth-order valence-electron chi connectivity index (χ4n) is 2.53. The summed E-state index contributed by atoms with van der Waals surface area (Å²) >= 11 is 0. The van der Waals surface area contributed by atoms with Gasteiger partial charge in [-0.3, -0.25) is 0 Å². The molecule has 1 heterocycles. The van der Waals surface area contributed by atoms with Crippen molar-refractivity contribution in [3.63, 3.8) is 0 Å². The number of hydrogen-bond acceptors (Lipinski definition) is 3. The summed E-state index contributed by atoms with van der Waals surface area (Å²) in [5.41, 5.74) is 6.79. The molecule has 1 saturated carbocycles. The van der Waals surface area contributed by atoms with Gasteiger partial charge in [-0.05, 0) is 31.9 Å². The standard InChI is InChI=1S/C12H20N2O/c1-9-10(13)5-4-8-14(9)11-6-2-3-7-12(11)15/h4-5,8-9,11-12,15H,2-3,6-7,13H2,1H3/t9?,11-,12+/m0/s1. The van der Waals surface area contributed by atoms with Crippen LogP contribution in [0.1, 0.15) is 32.6 Å². The van der Waals surface area contributed by atoms with Crippen molar-refractivity contribution >= 4 is 0 Å². The molecule has 2 aliphatic rings. The molecule has 0 aromatic rings. The third kappa shape index (κ3) is 2.02. The predicted molar refractivity (Wildman–Crippen MR) is 61.0 cm³/mol. The van der Waals surface area contributed by atoms with E-state index in [9.17, 15) is 5.11 Å². The minimum Gasteiger partial charge on any atom is -0.400 e. The Morgan fingerprint density at radius 2 is 2.13 bits per heavy atom. The van der Waals surface area contributed by atoms with E-state index in [0.717, 1.165) is 25.0 Å². The molecule has 0 aromatic heterocycles. The van der Waals surface area contributed by atoms with Gasteiger partial charge in [0.15, 0.2) is 0 Å². The summed E-state index contributed by atoms with van der Waals surface area (Å²) in [5, 5.41) is 9.99. The zero-order valence-electron chi connectivity index (χ0n) is 9.26. The van der Waals surface area contributed by atoms with Crippen molar-refractivity contribution in [3.05, 3.63) is 24.0 Å². The van der Waals surface area contributed by atoms with E-state index in [1.54, 1.807) is 0 Å². The third-order valence-corrected chi connectivity index (χ3v) is 3.55. The molecule has 1 fully saturated rings. The Bertz CT molecular complexity index is 285. The Labute approximate surface area is 91.3 Å². The smallest absolute Gasteiger partial charge is 0.0743 e. The summed E-state index contributed by atoms with van der Waals surface area (Å²) in [7, 11) is 0. The topological polar surface area (TPSA) is 49.5 Å². The van der Waals surface area contributed by atoms with Crippen LogP contribution >= 0.6 is 0 Å². The highest BCUT2D eigenvalue weighted by Gasteiger charge is 2.30. The highest BCUT2D eigenvalue weighted by Crippen LogP contribution is 2.27. The van der Waals surface area contributed by atoms with E-state index < -0.39 is 0 Å². The second kappa shape index (κ2) is 4.27. The van der Waals surface area contributed by atoms with Gasteiger partial charge in [-0.25, -0.2) is 0 Å². The van der Waals surface area contributed by atoms with Gasteiger partial charge >= 0.3 is 0 Å². The van der Waals surface area contributed by atoms with Crippen LogP contribution in [0, 0.1) is 0 Å². The Morgan fingerprint density at radius 3 is 2.87 bits per heavy atom. The van der Waals surface area contributed by atoms with Gasteiger partial charge in [-0.15, -0.1) is 0 Å². The maximum absolute atomic E-state index is 9.99. The van der Waals surface area contributed by atoms with Crippen LogP contribution in [0.5, 0.6) is 0 Å². The number of nitrogens with zero attached hydrogens (tertiary/aromatic N) is 1. The normalized spacial score (nSPS) is 36.5. The Balaban J connectivity index is 2.10. The summed E-state index contributed by atoms with van der Waals surface area (Å²) in [6, 6.07) is 0.463. The van der Waals surface area contributed by atoms with E-state index >= 15 is 0 Å². The minimum atomic E-state index is -0.197. The lowest BCUT2D eigenvalue weighted by atomic mass is 9.90. The molecule has 1 aliphatic carbocycles. The van der Waals surface area contributed by atoms with Crippen LogP contribution in [0.25, 0.3) is 0 Å². The van der Waals surface area contributed by atoms with Crippen LogP contribution in [0.4, 0.5) is 0 Å². The monoisotopic (exact) mass is 208 g/mol. The van der Waals surface area contributed by atoms with Crippen molar-refractivity contribution in [3.8, 4) is 0 Å². The largest absolute Gasteiger partial charge is 0.400 e. The maximum atomic E-state index is 9.99. The second-order valence-electron chi connectivity index (χ2n) is 4.55. The molecule has 0 radical (unpaired) electrons. The highest BCUT2D eigenvalue weighted by atomic mass is 16.3. The van der Waals surface area contributed by atoms with Crippen molar-refractivity contribution in [2.24, 2.45) is 5.73 Å². The molecule has 0 spiro atoms. The summed E-state index contributed by atoms with van der Waals surface area (Å²) in [6.07, 6.45) is 10.1. The van der Waals surface area contributed by atoms with Gasteiger partial charge in [-0.1, -0.05) is 12.8 Å². The maximum Gasteiger partial charge on any atom is 0.0743 e.